The molecule has 0 unspecified atom stereocenters. The van der Waals surface area contributed by atoms with Gasteiger partial charge in [-0.25, -0.2) is 0 Å². The lowest BCUT2D eigenvalue weighted by Crippen LogP contribution is -2.28. The minimum absolute atomic E-state index is 0.857. The van der Waals surface area contributed by atoms with Gasteiger partial charge in [-0.3, -0.25) is 0 Å². The Labute approximate surface area is 109 Å². The predicted molar refractivity (Wildman–Crippen MR) is 77.0 cm³/mol. The zero-order chi connectivity index (χ0) is 12.4. The van der Waals surface area contributed by atoms with Crippen LogP contribution in [-0.2, 0) is 12.8 Å². The maximum atomic E-state index is 3.44. The van der Waals surface area contributed by atoms with E-state index < -0.39 is 0 Å². The van der Waals surface area contributed by atoms with Crippen LogP contribution in [0.3, 0.4) is 0 Å². The van der Waals surface area contributed by atoms with Crippen molar-refractivity contribution in [3.63, 3.8) is 0 Å². The van der Waals surface area contributed by atoms with Gasteiger partial charge in [0, 0.05) is 17.1 Å². The molecule has 2 nitrogen and oxygen atoms in total. The topological polar surface area (TPSA) is 27.8 Å². The van der Waals surface area contributed by atoms with Crippen LogP contribution in [0, 0.1) is 5.92 Å². The lowest BCUT2D eigenvalue weighted by atomic mass is 9.90. The summed E-state index contributed by atoms with van der Waals surface area (Å²) in [6.07, 6.45) is 7.20. The summed E-state index contributed by atoms with van der Waals surface area (Å²) >= 11 is 0. The summed E-state index contributed by atoms with van der Waals surface area (Å²) in [5.74, 6) is 0.857. The molecule has 1 aliphatic rings. The van der Waals surface area contributed by atoms with Crippen LogP contribution < -0.4 is 5.32 Å². The van der Waals surface area contributed by atoms with Gasteiger partial charge in [-0.1, -0.05) is 13.0 Å². The molecule has 18 heavy (non-hydrogen) atoms. The number of nitrogens with one attached hydrogen (secondary N) is 2. The van der Waals surface area contributed by atoms with Gasteiger partial charge < -0.3 is 10.3 Å². The Morgan fingerprint density at radius 3 is 2.83 bits per heavy atom. The SMILES string of the molecule is CCc1ccc2[nH]cc(CC3CCNCC3)c2c1. The second kappa shape index (κ2) is 5.15. The molecular weight excluding hydrogens is 220 g/mol. The van der Waals surface area contributed by atoms with E-state index in [-0.39, 0.29) is 0 Å². The molecule has 2 heteroatoms. The summed E-state index contributed by atoms with van der Waals surface area (Å²) in [7, 11) is 0. The van der Waals surface area contributed by atoms with Crippen molar-refractivity contribution in [2.45, 2.75) is 32.6 Å². The number of hydrogen-bond donors (Lipinski definition) is 2. The molecule has 0 radical (unpaired) electrons. The van der Waals surface area contributed by atoms with Crippen LogP contribution in [0.1, 0.15) is 30.9 Å². The van der Waals surface area contributed by atoms with Crippen molar-refractivity contribution in [2.24, 2.45) is 5.92 Å². The highest BCUT2D eigenvalue weighted by molar-refractivity contribution is 5.83. The number of aryl methyl sites for hydroxylation is 1. The fourth-order valence-electron chi connectivity index (χ4n) is 3.01. The number of benzene rings is 1. The number of aromatic nitrogens is 1. The molecule has 1 aromatic heterocycles. The molecule has 0 aliphatic carbocycles. The van der Waals surface area contributed by atoms with Crippen LogP contribution in [0.5, 0.6) is 0 Å². The van der Waals surface area contributed by atoms with E-state index in [4.69, 9.17) is 0 Å². The number of H-pyrrole nitrogens is 1. The Morgan fingerprint density at radius 2 is 2.06 bits per heavy atom. The average molecular weight is 242 g/mol. The van der Waals surface area contributed by atoms with Gasteiger partial charge in [0.25, 0.3) is 0 Å². The van der Waals surface area contributed by atoms with Crippen molar-refractivity contribution in [1.29, 1.82) is 0 Å². The van der Waals surface area contributed by atoms with E-state index in [1.165, 1.54) is 54.4 Å². The van der Waals surface area contributed by atoms with Crippen LogP contribution in [-0.4, -0.2) is 18.1 Å². The Kier molecular flexibility index (Phi) is 3.37. The van der Waals surface area contributed by atoms with Crippen molar-refractivity contribution in [3.8, 4) is 0 Å². The quantitative estimate of drug-likeness (QED) is 0.849. The van der Waals surface area contributed by atoms with E-state index in [1.54, 1.807) is 0 Å². The molecule has 0 spiro atoms. The first-order valence-electron chi connectivity index (χ1n) is 7.16. The molecule has 2 N–H and O–H groups in total. The molecule has 0 saturated carbocycles. The predicted octanol–water partition coefficient (Wildman–Crippen LogP) is 3.27. The summed E-state index contributed by atoms with van der Waals surface area (Å²) in [6, 6.07) is 6.81. The summed E-state index contributed by atoms with van der Waals surface area (Å²) in [4.78, 5) is 3.41. The molecule has 0 bridgehead atoms. The van der Waals surface area contributed by atoms with Crippen LogP contribution in [0.25, 0.3) is 10.9 Å². The van der Waals surface area contributed by atoms with Crippen LogP contribution in [0.15, 0.2) is 24.4 Å². The molecular formula is C16H22N2. The molecule has 96 valence electrons. The van der Waals surface area contributed by atoms with Crippen LogP contribution in [0.4, 0.5) is 0 Å². The summed E-state index contributed by atoms with van der Waals surface area (Å²) in [5, 5.41) is 4.88. The number of aromatic amines is 1. The summed E-state index contributed by atoms with van der Waals surface area (Å²) < 4.78 is 0. The van der Waals surface area contributed by atoms with E-state index in [2.05, 4.69) is 41.6 Å². The zero-order valence-electron chi connectivity index (χ0n) is 11.1. The first kappa shape index (κ1) is 11.8. The highest BCUT2D eigenvalue weighted by Crippen LogP contribution is 2.25. The maximum Gasteiger partial charge on any atom is 0.0456 e. The second-order valence-electron chi connectivity index (χ2n) is 5.44. The smallest absolute Gasteiger partial charge is 0.0456 e. The lowest BCUT2D eigenvalue weighted by molar-refractivity contribution is 0.373. The first-order chi connectivity index (χ1) is 8.86. The van der Waals surface area contributed by atoms with Crippen LogP contribution >= 0.6 is 0 Å². The van der Waals surface area contributed by atoms with Crippen molar-refractivity contribution in [1.82, 2.24) is 10.3 Å². The maximum absolute atomic E-state index is 3.44. The van der Waals surface area contributed by atoms with E-state index in [0.29, 0.717) is 0 Å². The molecule has 1 saturated heterocycles. The Morgan fingerprint density at radius 1 is 1.22 bits per heavy atom. The van der Waals surface area contributed by atoms with Gasteiger partial charge >= 0.3 is 0 Å². The summed E-state index contributed by atoms with van der Waals surface area (Å²) in [5.41, 5.74) is 4.23. The van der Waals surface area contributed by atoms with E-state index in [1.807, 2.05) is 0 Å². The van der Waals surface area contributed by atoms with Gasteiger partial charge in [0.15, 0.2) is 0 Å². The van der Waals surface area contributed by atoms with Crippen molar-refractivity contribution in [3.05, 3.63) is 35.5 Å². The average Bonchev–Trinajstić information content (AvgIpc) is 2.82. The van der Waals surface area contributed by atoms with E-state index in [9.17, 15) is 0 Å². The van der Waals surface area contributed by atoms with Crippen molar-refractivity contribution >= 4 is 10.9 Å². The lowest BCUT2D eigenvalue weighted by Gasteiger charge is -2.22. The van der Waals surface area contributed by atoms with Crippen molar-refractivity contribution in [2.75, 3.05) is 13.1 Å². The Hall–Kier alpha value is -1.28. The molecule has 3 rings (SSSR count). The van der Waals surface area contributed by atoms with Crippen molar-refractivity contribution < 1.29 is 0 Å². The molecule has 1 fully saturated rings. The fourth-order valence-corrected chi connectivity index (χ4v) is 3.01. The minimum Gasteiger partial charge on any atom is -0.361 e. The highest BCUT2D eigenvalue weighted by Gasteiger charge is 2.15. The zero-order valence-corrected chi connectivity index (χ0v) is 11.1. The Bertz CT molecular complexity index is 521. The molecule has 2 aromatic rings. The van der Waals surface area contributed by atoms with E-state index in [0.717, 1.165) is 12.3 Å². The Balaban J connectivity index is 1.86. The normalized spacial score (nSPS) is 17.4. The van der Waals surface area contributed by atoms with Gasteiger partial charge in [-0.05, 0) is 68.0 Å². The number of piperidine rings is 1. The molecule has 0 amide bonds. The third-order valence-electron chi connectivity index (χ3n) is 4.21. The number of rotatable bonds is 3. The molecule has 0 atom stereocenters. The first-order valence-corrected chi connectivity index (χ1v) is 7.16. The summed E-state index contributed by atoms with van der Waals surface area (Å²) in [6.45, 7) is 4.60. The molecule has 2 heterocycles. The van der Waals surface area contributed by atoms with Gasteiger partial charge in [0.2, 0.25) is 0 Å². The standard InChI is InChI=1S/C16H22N2/c1-2-12-3-4-16-15(10-12)14(11-18-16)9-13-5-7-17-8-6-13/h3-4,10-11,13,17-18H,2,5-9H2,1H3. The van der Waals surface area contributed by atoms with Gasteiger partial charge in [0.05, 0.1) is 0 Å². The second-order valence-corrected chi connectivity index (χ2v) is 5.44. The third kappa shape index (κ3) is 2.30. The monoisotopic (exact) mass is 242 g/mol. The molecule has 1 aromatic carbocycles. The third-order valence-corrected chi connectivity index (χ3v) is 4.21. The van der Waals surface area contributed by atoms with Crippen LogP contribution in [0.2, 0.25) is 0 Å². The van der Waals surface area contributed by atoms with Gasteiger partial charge in [-0.2, -0.15) is 0 Å². The molecule has 1 aliphatic heterocycles. The minimum atomic E-state index is 0.857. The fraction of sp³-hybridized carbons (Fsp3) is 0.500. The number of hydrogen-bond acceptors (Lipinski definition) is 1. The number of fused-ring (bicyclic) bond motifs is 1. The van der Waals surface area contributed by atoms with Gasteiger partial charge in [0.1, 0.15) is 0 Å². The highest BCUT2D eigenvalue weighted by atomic mass is 14.9. The van der Waals surface area contributed by atoms with Gasteiger partial charge in [-0.15, -0.1) is 0 Å². The van der Waals surface area contributed by atoms with E-state index >= 15 is 0 Å². The largest absolute Gasteiger partial charge is 0.361 e.